The fourth-order valence-electron chi connectivity index (χ4n) is 1.09. The molecule has 2 N–H and O–H groups in total. The molecule has 0 unspecified atom stereocenters. The van der Waals surface area contributed by atoms with Crippen molar-refractivity contribution in [1.29, 1.82) is 0 Å². The van der Waals surface area contributed by atoms with Crippen molar-refractivity contribution in [2.24, 2.45) is 5.73 Å². The van der Waals surface area contributed by atoms with Gasteiger partial charge in [0.1, 0.15) is 0 Å². The van der Waals surface area contributed by atoms with Gasteiger partial charge in [-0.05, 0) is 20.3 Å². The minimum absolute atomic E-state index is 0.194. The zero-order valence-corrected chi connectivity index (χ0v) is 11.2. The van der Waals surface area contributed by atoms with E-state index in [1.165, 1.54) is 0 Å². The third kappa shape index (κ3) is 13.3. The zero-order valence-electron chi connectivity index (χ0n) is 11.2. The first-order valence-corrected chi connectivity index (χ1v) is 5.97. The number of esters is 1. The zero-order chi connectivity index (χ0) is 13.1. The first-order chi connectivity index (χ1) is 7.95. The van der Waals surface area contributed by atoms with Crippen LogP contribution in [0, 0.1) is 0 Å². The Hall–Kier alpha value is -0.650. The standard InChI is InChI=1S/C12H25NO4/c1-12(2,13)6-5-11(14)17-8-4-7-16-10-9-15-3/h4-10,13H2,1-3H3. The highest BCUT2D eigenvalue weighted by molar-refractivity contribution is 5.69. The van der Waals surface area contributed by atoms with Crippen molar-refractivity contribution < 1.29 is 19.0 Å². The minimum atomic E-state index is -0.317. The summed E-state index contributed by atoms with van der Waals surface area (Å²) in [6.07, 6.45) is 1.71. The van der Waals surface area contributed by atoms with Gasteiger partial charge in [-0.15, -0.1) is 0 Å². The van der Waals surface area contributed by atoms with Gasteiger partial charge in [-0.25, -0.2) is 0 Å². The van der Waals surface area contributed by atoms with E-state index < -0.39 is 0 Å². The normalized spacial score (nSPS) is 11.5. The molecule has 0 aromatic rings. The van der Waals surface area contributed by atoms with Crippen molar-refractivity contribution >= 4 is 5.97 Å². The molecule has 0 radical (unpaired) electrons. The number of ether oxygens (including phenoxy) is 3. The number of hydrogen-bond donors (Lipinski definition) is 1. The van der Waals surface area contributed by atoms with E-state index in [0.29, 0.717) is 45.7 Å². The lowest BCUT2D eigenvalue weighted by Gasteiger charge is -2.17. The molecule has 0 saturated heterocycles. The summed E-state index contributed by atoms with van der Waals surface area (Å²) in [5.74, 6) is -0.194. The molecule has 0 aliphatic carbocycles. The van der Waals surface area contributed by atoms with Gasteiger partial charge in [0, 0.05) is 32.1 Å². The van der Waals surface area contributed by atoms with Crippen LogP contribution in [0.3, 0.4) is 0 Å². The Bertz CT molecular complexity index is 201. The van der Waals surface area contributed by atoms with Crippen LogP contribution in [-0.2, 0) is 19.0 Å². The van der Waals surface area contributed by atoms with E-state index in [0.717, 1.165) is 0 Å². The van der Waals surface area contributed by atoms with E-state index >= 15 is 0 Å². The van der Waals surface area contributed by atoms with E-state index in [9.17, 15) is 4.79 Å². The van der Waals surface area contributed by atoms with Crippen LogP contribution >= 0.6 is 0 Å². The van der Waals surface area contributed by atoms with Crippen LogP contribution in [0.15, 0.2) is 0 Å². The van der Waals surface area contributed by atoms with E-state index in [4.69, 9.17) is 19.9 Å². The fourth-order valence-corrected chi connectivity index (χ4v) is 1.09. The lowest BCUT2D eigenvalue weighted by atomic mass is 10.0. The minimum Gasteiger partial charge on any atom is -0.466 e. The lowest BCUT2D eigenvalue weighted by Crippen LogP contribution is -2.32. The fraction of sp³-hybridized carbons (Fsp3) is 0.917. The lowest BCUT2D eigenvalue weighted by molar-refractivity contribution is -0.144. The van der Waals surface area contributed by atoms with Gasteiger partial charge in [0.05, 0.1) is 19.8 Å². The molecule has 102 valence electrons. The van der Waals surface area contributed by atoms with Gasteiger partial charge in [0.2, 0.25) is 0 Å². The summed E-state index contributed by atoms with van der Waals surface area (Å²) in [5.41, 5.74) is 5.45. The van der Waals surface area contributed by atoms with Crippen molar-refractivity contribution in [3.05, 3.63) is 0 Å². The maximum atomic E-state index is 11.3. The molecule has 0 atom stereocenters. The molecule has 0 rings (SSSR count). The Morgan fingerprint density at radius 1 is 1.18 bits per heavy atom. The number of carbonyl (C=O) groups is 1. The van der Waals surface area contributed by atoms with E-state index in [-0.39, 0.29) is 11.5 Å². The van der Waals surface area contributed by atoms with Crippen LogP contribution in [0.5, 0.6) is 0 Å². The molecule has 5 nitrogen and oxygen atoms in total. The molecule has 0 spiro atoms. The summed E-state index contributed by atoms with van der Waals surface area (Å²) < 4.78 is 15.1. The third-order valence-electron chi connectivity index (χ3n) is 2.10. The predicted molar refractivity (Wildman–Crippen MR) is 65.8 cm³/mol. The SMILES string of the molecule is COCCOCCCOC(=O)CCC(C)(C)N. The van der Waals surface area contributed by atoms with E-state index in [1.54, 1.807) is 7.11 Å². The molecule has 0 aliphatic rings. The second-order valence-corrected chi connectivity index (χ2v) is 4.67. The number of carbonyl (C=O) groups excluding carboxylic acids is 1. The third-order valence-corrected chi connectivity index (χ3v) is 2.10. The van der Waals surface area contributed by atoms with Gasteiger partial charge in [-0.2, -0.15) is 0 Å². The molecule has 5 heteroatoms. The van der Waals surface area contributed by atoms with Gasteiger partial charge >= 0.3 is 5.97 Å². The summed E-state index contributed by atoms with van der Waals surface area (Å²) in [7, 11) is 1.63. The first-order valence-electron chi connectivity index (χ1n) is 5.97. The van der Waals surface area contributed by atoms with Crippen LogP contribution < -0.4 is 5.73 Å². The monoisotopic (exact) mass is 247 g/mol. The van der Waals surface area contributed by atoms with Crippen LogP contribution in [0.2, 0.25) is 0 Å². The van der Waals surface area contributed by atoms with Crippen molar-refractivity contribution in [3.63, 3.8) is 0 Å². The summed E-state index contributed by atoms with van der Waals surface area (Å²) in [6.45, 7) is 5.93. The molecule has 0 aliphatic heterocycles. The molecule has 0 bridgehead atoms. The smallest absolute Gasteiger partial charge is 0.305 e. The maximum absolute atomic E-state index is 11.3. The van der Waals surface area contributed by atoms with Crippen LogP contribution in [0.4, 0.5) is 0 Å². The first kappa shape index (κ1) is 16.4. The molecule has 17 heavy (non-hydrogen) atoms. The van der Waals surface area contributed by atoms with Gasteiger partial charge in [0.15, 0.2) is 0 Å². The van der Waals surface area contributed by atoms with Gasteiger partial charge < -0.3 is 19.9 Å². The molecule has 0 aromatic carbocycles. The summed E-state index contributed by atoms with van der Waals surface area (Å²) in [4.78, 5) is 11.3. The Morgan fingerprint density at radius 2 is 1.88 bits per heavy atom. The van der Waals surface area contributed by atoms with Gasteiger partial charge in [0.25, 0.3) is 0 Å². The highest BCUT2D eigenvalue weighted by atomic mass is 16.5. The molecule has 0 fully saturated rings. The average Bonchev–Trinajstić information content (AvgIpc) is 2.24. The average molecular weight is 247 g/mol. The van der Waals surface area contributed by atoms with E-state index in [1.807, 2.05) is 13.8 Å². The quantitative estimate of drug-likeness (QED) is 0.462. The second kappa shape index (κ2) is 9.39. The van der Waals surface area contributed by atoms with Crippen molar-refractivity contribution in [2.75, 3.05) is 33.5 Å². The number of hydrogen-bond acceptors (Lipinski definition) is 5. The summed E-state index contributed by atoms with van der Waals surface area (Å²) in [6, 6.07) is 0. The molecule has 0 saturated carbocycles. The Balaban J connectivity index is 3.28. The van der Waals surface area contributed by atoms with Crippen molar-refractivity contribution in [3.8, 4) is 0 Å². The molecular weight excluding hydrogens is 222 g/mol. The van der Waals surface area contributed by atoms with Crippen LogP contribution in [0.25, 0.3) is 0 Å². The predicted octanol–water partition coefficient (Wildman–Crippen LogP) is 1.10. The number of nitrogens with two attached hydrogens (primary N) is 1. The highest BCUT2D eigenvalue weighted by Crippen LogP contribution is 2.07. The van der Waals surface area contributed by atoms with Crippen molar-refractivity contribution in [2.45, 2.75) is 38.6 Å². The Morgan fingerprint density at radius 3 is 2.47 bits per heavy atom. The highest BCUT2D eigenvalue weighted by Gasteiger charge is 2.13. The Labute approximate surface area is 104 Å². The van der Waals surface area contributed by atoms with E-state index in [2.05, 4.69) is 0 Å². The summed E-state index contributed by atoms with van der Waals surface area (Å²) >= 11 is 0. The molecule has 0 amide bonds. The molecular formula is C12H25NO4. The molecule has 0 heterocycles. The van der Waals surface area contributed by atoms with Gasteiger partial charge in [-0.3, -0.25) is 4.79 Å². The topological polar surface area (TPSA) is 70.8 Å². The largest absolute Gasteiger partial charge is 0.466 e. The number of rotatable bonds is 10. The van der Waals surface area contributed by atoms with Crippen LogP contribution in [0.1, 0.15) is 33.1 Å². The Kier molecular flexibility index (Phi) is 9.03. The molecule has 0 aromatic heterocycles. The maximum Gasteiger partial charge on any atom is 0.305 e. The summed E-state index contributed by atoms with van der Waals surface area (Å²) in [5, 5.41) is 0. The number of methoxy groups -OCH3 is 1. The van der Waals surface area contributed by atoms with Crippen molar-refractivity contribution in [1.82, 2.24) is 0 Å². The second-order valence-electron chi connectivity index (χ2n) is 4.67. The van der Waals surface area contributed by atoms with Gasteiger partial charge in [-0.1, -0.05) is 0 Å². The van der Waals surface area contributed by atoms with Crippen LogP contribution in [-0.4, -0.2) is 45.0 Å².